The molecule has 122 valence electrons. The summed E-state index contributed by atoms with van der Waals surface area (Å²) in [5.74, 6) is -0.866. The van der Waals surface area contributed by atoms with E-state index in [0.29, 0.717) is 11.3 Å². The van der Waals surface area contributed by atoms with Crippen LogP contribution in [0.2, 0.25) is 0 Å². The maximum atomic E-state index is 13.7. The van der Waals surface area contributed by atoms with Gasteiger partial charge in [-0.1, -0.05) is 0 Å². The first-order valence-electron chi connectivity index (χ1n) is 6.98. The number of aromatic nitrogens is 4. The minimum Gasteiger partial charge on any atom is -0.478 e. The second-order valence-electron chi connectivity index (χ2n) is 4.86. The second kappa shape index (κ2) is 6.41. The number of benzene rings is 1. The molecule has 2 heterocycles. The fourth-order valence-corrected chi connectivity index (χ4v) is 2.24. The molecule has 0 aliphatic rings. The topological polar surface area (TPSA) is 96.0 Å². The molecule has 0 N–H and O–H groups in total. The van der Waals surface area contributed by atoms with E-state index in [9.17, 15) is 14.5 Å². The van der Waals surface area contributed by atoms with E-state index in [-0.39, 0.29) is 5.75 Å². The molecule has 1 atom stereocenters. The third kappa shape index (κ3) is 3.05. The molecular weight excluding hydrogens is 317 g/mol. The van der Waals surface area contributed by atoms with Gasteiger partial charge in [-0.25, -0.2) is 4.39 Å². The molecule has 0 radical (unpaired) electrons. The van der Waals surface area contributed by atoms with E-state index in [0.717, 1.165) is 0 Å². The molecule has 0 saturated heterocycles. The Hall–Kier alpha value is -3.36. The van der Waals surface area contributed by atoms with Crippen molar-refractivity contribution in [3.8, 4) is 11.4 Å². The van der Waals surface area contributed by atoms with Gasteiger partial charge in [-0.3, -0.25) is 0 Å². The predicted octanol–water partition coefficient (Wildman–Crippen LogP) is 2.85. The van der Waals surface area contributed by atoms with Gasteiger partial charge in [0.1, 0.15) is 18.1 Å². The molecule has 0 aliphatic heterocycles. The Kier molecular flexibility index (Phi) is 4.15. The third-order valence-electron chi connectivity index (χ3n) is 3.29. The number of nitro groups is 1. The Morgan fingerprint density at radius 2 is 2.00 bits per heavy atom. The highest BCUT2D eigenvalue weighted by Gasteiger charge is 2.21. The first-order chi connectivity index (χ1) is 11.6. The van der Waals surface area contributed by atoms with E-state index in [1.54, 1.807) is 6.92 Å². The first-order valence-corrected chi connectivity index (χ1v) is 6.98. The molecule has 2 aromatic heterocycles. The summed E-state index contributed by atoms with van der Waals surface area (Å²) < 4.78 is 19.3. The van der Waals surface area contributed by atoms with Gasteiger partial charge in [-0.15, -0.1) is 0 Å². The van der Waals surface area contributed by atoms with Crippen LogP contribution in [0.1, 0.15) is 18.6 Å². The molecule has 0 unspecified atom stereocenters. The van der Waals surface area contributed by atoms with Crippen molar-refractivity contribution in [1.82, 2.24) is 20.0 Å². The Bertz CT molecular complexity index is 869. The average Bonchev–Trinajstić information content (AvgIpc) is 3.09. The Morgan fingerprint density at radius 3 is 2.71 bits per heavy atom. The van der Waals surface area contributed by atoms with Gasteiger partial charge in [0, 0.05) is 5.56 Å². The van der Waals surface area contributed by atoms with E-state index >= 15 is 0 Å². The molecule has 3 aromatic rings. The Morgan fingerprint density at radius 1 is 1.25 bits per heavy atom. The summed E-state index contributed by atoms with van der Waals surface area (Å²) in [5, 5.41) is 19.1. The lowest BCUT2D eigenvalue weighted by atomic mass is 10.1. The number of hydrogen-bond donors (Lipinski definition) is 0. The van der Waals surface area contributed by atoms with Crippen LogP contribution in [0.5, 0.6) is 5.75 Å². The van der Waals surface area contributed by atoms with Crippen LogP contribution in [-0.2, 0) is 0 Å². The predicted molar refractivity (Wildman–Crippen MR) is 81.3 cm³/mol. The van der Waals surface area contributed by atoms with Gasteiger partial charge in [0.05, 0.1) is 18.1 Å². The van der Waals surface area contributed by atoms with Gasteiger partial charge >= 0.3 is 5.82 Å². The van der Waals surface area contributed by atoms with Crippen LogP contribution in [-0.4, -0.2) is 24.9 Å². The van der Waals surface area contributed by atoms with Crippen molar-refractivity contribution in [3.63, 3.8) is 0 Å². The van der Waals surface area contributed by atoms with Crippen LogP contribution in [0.15, 0.2) is 48.9 Å². The lowest BCUT2D eigenvalue weighted by Gasteiger charge is -2.17. The quantitative estimate of drug-likeness (QED) is 0.527. The second-order valence-corrected chi connectivity index (χ2v) is 4.86. The van der Waals surface area contributed by atoms with Crippen LogP contribution in [0, 0.1) is 15.9 Å². The molecule has 0 aliphatic carbocycles. The zero-order valence-electron chi connectivity index (χ0n) is 12.5. The summed E-state index contributed by atoms with van der Waals surface area (Å²) in [6, 6.07) is 7.04. The normalized spacial score (nSPS) is 11.9. The van der Waals surface area contributed by atoms with E-state index in [1.165, 1.54) is 53.7 Å². The van der Waals surface area contributed by atoms with Crippen molar-refractivity contribution in [2.24, 2.45) is 0 Å². The lowest BCUT2D eigenvalue weighted by Crippen LogP contribution is -2.11. The molecule has 8 nitrogen and oxygen atoms in total. The highest BCUT2D eigenvalue weighted by Crippen LogP contribution is 2.31. The van der Waals surface area contributed by atoms with Crippen LogP contribution in [0.3, 0.4) is 0 Å². The molecule has 24 heavy (non-hydrogen) atoms. The first kappa shape index (κ1) is 15.5. The molecule has 1 aromatic carbocycles. The minimum absolute atomic E-state index is 0.00126. The summed E-state index contributed by atoms with van der Waals surface area (Å²) in [6.07, 6.45) is 3.59. The van der Waals surface area contributed by atoms with Crippen molar-refractivity contribution >= 4 is 5.82 Å². The maximum Gasteiger partial charge on any atom is 0.406 e. The van der Waals surface area contributed by atoms with Gasteiger partial charge in [-0.2, -0.15) is 15.0 Å². The summed E-state index contributed by atoms with van der Waals surface area (Å²) in [6.45, 7) is 1.65. The van der Waals surface area contributed by atoms with E-state index in [1.807, 2.05) is 0 Å². The highest BCUT2D eigenvalue weighted by atomic mass is 19.1. The fourth-order valence-electron chi connectivity index (χ4n) is 2.24. The average molecular weight is 329 g/mol. The van der Waals surface area contributed by atoms with E-state index in [4.69, 9.17) is 4.74 Å². The van der Waals surface area contributed by atoms with Crippen LogP contribution in [0.25, 0.3) is 5.69 Å². The lowest BCUT2D eigenvalue weighted by molar-refractivity contribution is -0.390. The fraction of sp³-hybridized carbons (Fsp3) is 0.133. The number of halogens is 1. The molecule has 0 saturated carbocycles. The highest BCUT2D eigenvalue weighted by molar-refractivity contribution is 5.43. The molecule has 3 rings (SSSR count). The van der Waals surface area contributed by atoms with Gasteiger partial charge in [-0.05, 0) is 47.2 Å². The van der Waals surface area contributed by atoms with Gasteiger partial charge in [0.15, 0.2) is 0 Å². The van der Waals surface area contributed by atoms with Crippen LogP contribution < -0.4 is 4.74 Å². The summed E-state index contributed by atoms with van der Waals surface area (Å²) in [5.41, 5.74) is 0.963. The zero-order chi connectivity index (χ0) is 17.1. The smallest absolute Gasteiger partial charge is 0.406 e. The van der Waals surface area contributed by atoms with Crippen molar-refractivity contribution in [2.45, 2.75) is 13.0 Å². The van der Waals surface area contributed by atoms with Gasteiger partial charge < -0.3 is 14.9 Å². The van der Waals surface area contributed by atoms with E-state index in [2.05, 4.69) is 15.2 Å². The molecule has 0 bridgehead atoms. The number of ether oxygens (including phenoxy) is 1. The van der Waals surface area contributed by atoms with Gasteiger partial charge in [0.25, 0.3) is 0 Å². The van der Waals surface area contributed by atoms with Crippen molar-refractivity contribution < 1.29 is 14.1 Å². The number of nitrogens with zero attached hydrogens (tertiary/aromatic N) is 5. The monoisotopic (exact) mass is 329 g/mol. The standard InChI is InChI=1S/C15H12FN5O3/c1-10(24-14-3-2-6-17-15(14)21(22)23)12-9-11(16)4-5-13(12)20-18-7-8-19-20/h2-10H,1H3/t10-/m1/s1. The summed E-state index contributed by atoms with van der Waals surface area (Å²) in [4.78, 5) is 15.4. The molecule has 0 spiro atoms. The van der Waals surface area contributed by atoms with Crippen LogP contribution in [0.4, 0.5) is 10.2 Å². The summed E-state index contributed by atoms with van der Waals surface area (Å²) >= 11 is 0. The largest absolute Gasteiger partial charge is 0.478 e. The number of rotatable bonds is 5. The zero-order valence-corrected chi connectivity index (χ0v) is 12.5. The Labute approximate surface area is 135 Å². The van der Waals surface area contributed by atoms with Gasteiger partial charge in [0.2, 0.25) is 5.75 Å². The molecule has 0 amide bonds. The molecular formula is C15H12FN5O3. The third-order valence-corrected chi connectivity index (χ3v) is 3.29. The minimum atomic E-state index is -0.690. The maximum absolute atomic E-state index is 13.7. The van der Waals surface area contributed by atoms with Crippen LogP contribution >= 0.6 is 0 Å². The number of hydrogen-bond acceptors (Lipinski definition) is 6. The SMILES string of the molecule is C[C@@H](Oc1cccnc1[N+](=O)[O-])c1cc(F)ccc1-n1nccn1. The van der Waals surface area contributed by atoms with Crippen molar-refractivity contribution in [2.75, 3.05) is 0 Å². The Balaban J connectivity index is 1.98. The van der Waals surface area contributed by atoms with Crippen molar-refractivity contribution in [3.05, 3.63) is 70.4 Å². The van der Waals surface area contributed by atoms with E-state index < -0.39 is 22.7 Å². The molecule has 9 heteroatoms. The van der Waals surface area contributed by atoms with Crippen molar-refractivity contribution in [1.29, 1.82) is 0 Å². The number of pyridine rings is 1. The summed E-state index contributed by atoms with van der Waals surface area (Å²) in [7, 11) is 0. The molecule has 0 fully saturated rings.